The van der Waals surface area contributed by atoms with Crippen molar-refractivity contribution < 1.29 is 9.47 Å². The SMILES string of the molecule is CCCCCCOc1ccc(C(OC)c2ccc(C)cc2)cc1. The molecule has 0 saturated heterocycles. The normalized spacial score (nSPS) is 12.1. The van der Waals surface area contributed by atoms with Crippen LogP contribution < -0.4 is 4.74 Å². The van der Waals surface area contributed by atoms with Crippen LogP contribution in [0.25, 0.3) is 0 Å². The van der Waals surface area contributed by atoms with Crippen LogP contribution in [-0.2, 0) is 4.74 Å². The van der Waals surface area contributed by atoms with Crippen LogP contribution in [0.3, 0.4) is 0 Å². The molecule has 0 amide bonds. The van der Waals surface area contributed by atoms with Gasteiger partial charge in [-0.25, -0.2) is 0 Å². The lowest BCUT2D eigenvalue weighted by Crippen LogP contribution is -2.04. The molecule has 0 radical (unpaired) electrons. The molecule has 0 N–H and O–H groups in total. The molecular weight excluding hydrogens is 284 g/mol. The van der Waals surface area contributed by atoms with Crippen molar-refractivity contribution in [3.8, 4) is 5.75 Å². The third kappa shape index (κ3) is 5.40. The van der Waals surface area contributed by atoms with Gasteiger partial charge in [0.25, 0.3) is 0 Å². The van der Waals surface area contributed by atoms with Gasteiger partial charge in [-0.3, -0.25) is 0 Å². The lowest BCUT2D eigenvalue weighted by atomic mass is 10.0. The molecule has 0 saturated carbocycles. The third-order valence-electron chi connectivity index (χ3n) is 4.07. The summed E-state index contributed by atoms with van der Waals surface area (Å²) < 4.78 is 11.5. The standard InChI is InChI=1S/C21H28O2/c1-4-5-6-7-16-23-20-14-12-19(13-15-20)21(22-3)18-10-8-17(2)9-11-18/h8-15,21H,4-7,16H2,1-3H3. The second-order valence-corrected chi connectivity index (χ2v) is 6.00. The van der Waals surface area contributed by atoms with Gasteiger partial charge in [0, 0.05) is 7.11 Å². The molecule has 124 valence electrons. The number of ether oxygens (including phenoxy) is 2. The Labute approximate surface area is 140 Å². The molecule has 2 aromatic rings. The number of rotatable bonds is 9. The summed E-state index contributed by atoms with van der Waals surface area (Å²) in [6.45, 7) is 5.11. The Morgan fingerprint density at radius 1 is 0.826 bits per heavy atom. The lowest BCUT2D eigenvalue weighted by molar-refractivity contribution is 0.136. The predicted molar refractivity (Wildman–Crippen MR) is 96.1 cm³/mol. The van der Waals surface area contributed by atoms with Crippen LogP contribution in [0, 0.1) is 6.92 Å². The van der Waals surface area contributed by atoms with Gasteiger partial charge >= 0.3 is 0 Å². The van der Waals surface area contributed by atoms with Crippen molar-refractivity contribution in [2.24, 2.45) is 0 Å². The van der Waals surface area contributed by atoms with Gasteiger partial charge in [0.1, 0.15) is 11.9 Å². The van der Waals surface area contributed by atoms with E-state index in [4.69, 9.17) is 9.47 Å². The monoisotopic (exact) mass is 312 g/mol. The van der Waals surface area contributed by atoms with Gasteiger partial charge in [0.15, 0.2) is 0 Å². The fourth-order valence-electron chi connectivity index (χ4n) is 2.66. The molecule has 0 aliphatic rings. The van der Waals surface area contributed by atoms with E-state index >= 15 is 0 Å². The first-order valence-electron chi connectivity index (χ1n) is 8.56. The van der Waals surface area contributed by atoms with Crippen molar-refractivity contribution in [1.82, 2.24) is 0 Å². The molecule has 0 fully saturated rings. The summed E-state index contributed by atoms with van der Waals surface area (Å²) in [5.74, 6) is 0.934. The Hall–Kier alpha value is -1.80. The number of unbranched alkanes of at least 4 members (excludes halogenated alkanes) is 3. The van der Waals surface area contributed by atoms with Crippen molar-refractivity contribution >= 4 is 0 Å². The van der Waals surface area contributed by atoms with Crippen LogP contribution in [0.2, 0.25) is 0 Å². The minimum Gasteiger partial charge on any atom is -0.494 e. The Balaban J connectivity index is 1.95. The van der Waals surface area contributed by atoms with Crippen LogP contribution in [0.1, 0.15) is 55.4 Å². The average Bonchev–Trinajstić information content (AvgIpc) is 2.58. The maximum absolute atomic E-state index is 5.80. The van der Waals surface area contributed by atoms with Gasteiger partial charge in [0.2, 0.25) is 0 Å². The minimum atomic E-state index is -0.0331. The van der Waals surface area contributed by atoms with E-state index in [-0.39, 0.29) is 6.10 Å². The number of aryl methyl sites for hydroxylation is 1. The summed E-state index contributed by atoms with van der Waals surface area (Å²) in [6.07, 6.45) is 4.88. The lowest BCUT2D eigenvalue weighted by Gasteiger charge is -2.17. The highest BCUT2D eigenvalue weighted by atomic mass is 16.5. The van der Waals surface area contributed by atoms with E-state index in [0.717, 1.165) is 24.3 Å². The third-order valence-corrected chi connectivity index (χ3v) is 4.07. The van der Waals surface area contributed by atoms with E-state index in [1.807, 2.05) is 12.1 Å². The topological polar surface area (TPSA) is 18.5 Å². The van der Waals surface area contributed by atoms with Crippen molar-refractivity contribution in [2.75, 3.05) is 13.7 Å². The van der Waals surface area contributed by atoms with Crippen LogP contribution in [0.15, 0.2) is 48.5 Å². The smallest absolute Gasteiger partial charge is 0.119 e. The number of hydrogen-bond acceptors (Lipinski definition) is 2. The van der Waals surface area contributed by atoms with E-state index in [2.05, 4.69) is 50.2 Å². The summed E-state index contributed by atoms with van der Waals surface area (Å²) in [7, 11) is 1.75. The van der Waals surface area contributed by atoms with Crippen molar-refractivity contribution in [3.63, 3.8) is 0 Å². The maximum Gasteiger partial charge on any atom is 0.119 e. The van der Waals surface area contributed by atoms with Gasteiger partial charge in [-0.15, -0.1) is 0 Å². The molecule has 1 atom stereocenters. The fourth-order valence-corrected chi connectivity index (χ4v) is 2.66. The van der Waals surface area contributed by atoms with E-state index in [1.165, 1.54) is 30.4 Å². The Morgan fingerprint density at radius 3 is 2.00 bits per heavy atom. The van der Waals surface area contributed by atoms with E-state index in [0.29, 0.717) is 0 Å². The summed E-state index contributed by atoms with van der Waals surface area (Å²) in [6, 6.07) is 16.8. The van der Waals surface area contributed by atoms with Gasteiger partial charge < -0.3 is 9.47 Å². The molecule has 2 aromatic carbocycles. The number of methoxy groups -OCH3 is 1. The predicted octanol–water partition coefficient (Wildman–Crippen LogP) is 5.69. The maximum atomic E-state index is 5.80. The second kappa shape index (κ2) is 9.36. The minimum absolute atomic E-state index is 0.0331. The molecule has 0 bridgehead atoms. The highest BCUT2D eigenvalue weighted by molar-refractivity contribution is 5.35. The summed E-state index contributed by atoms with van der Waals surface area (Å²) in [5.41, 5.74) is 3.58. The molecular formula is C21H28O2. The second-order valence-electron chi connectivity index (χ2n) is 6.00. The first-order chi connectivity index (χ1) is 11.2. The molecule has 23 heavy (non-hydrogen) atoms. The molecule has 0 spiro atoms. The van der Waals surface area contributed by atoms with E-state index in [9.17, 15) is 0 Å². The highest BCUT2D eigenvalue weighted by Crippen LogP contribution is 2.27. The largest absolute Gasteiger partial charge is 0.494 e. The van der Waals surface area contributed by atoms with Crippen LogP contribution in [-0.4, -0.2) is 13.7 Å². The molecule has 0 aliphatic heterocycles. The summed E-state index contributed by atoms with van der Waals surface area (Å²) in [5, 5.41) is 0. The van der Waals surface area contributed by atoms with Crippen molar-refractivity contribution in [3.05, 3.63) is 65.2 Å². The zero-order chi connectivity index (χ0) is 16.5. The van der Waals surface area contributed by atoms with Crippen LogP contribution >= 0.6 is 0 Å². The van der Waals surface area contributed by atoms with Gasteiger partial charge in [0.05, 0.1) is 6.61 Å². The summed E-state index contributed by atoms with van der Waals surface area (Å²) >= 11 is 0. The zero-order valence-corrected chi connectivity index (χ0v) is 14.5. The first kappa shape index (κ1) is 17.6. The molecule has 2 rings (SSSR count). The first-order valence-corrected chi connectivity index (χ1v) is 8.56. The molecule has 1 unspecified atom stereocenters. The van der Waals surface area contributed by atoms with Crippen molar-refractivity contribution in [2.45, 2.75) is 45.6 Å². The fraction of sp³-hybridized carbons (Fsp3) is 0.429. The molecule has 0 heterocycles. The van der Waals surface area contributed by atoms with Crippen LogP contribution in [0.4, 0.5) is 0 Å². The highest BCUT2D eigenvalue weighted by Gasteiger charge is 2.13. The Morgan fingerprint density at radius 2 is 1.43 bits per heavy atom. The number of benzene rings is 2. The van der Waals surface area contributed by atoms with Gasteiger partial charge in [-0.05, 0) is 36.6 Å². The van der Waals surface area contributed by atoms with Crippen molar-refractivity contribution in [1.29, 1.82) is 0 Å². The molecule has 0 aliphatic carbocycles. The Bertz CT molecular complexity index is 557. The average molecular weight is 312 g/mol. The Kier molecular flexibility index (Phi) is 7.15. The van der Waals surface area contributed by atoms with E-state index in [1.54, 1.807) is 7.11 Å². The summed E-state index contributed by atoms with van der Waals surface area (Å²) in [4.78, 5) is 0. The van der Waals surface area contributed by atoms with Crippen LogP contribution in [0.5, 0.6) is 5.75 Å². The molecule has 2 heteroatoms. The quantitative estimate of drug-likeness (QED) is 0.554. The van der Waals surface area contributed by atoms with E-state index < -0.39 is 0 Å². The zero-order valence-electron chi connectivity index (χ0n) is 14.5. The van der Waals surface area contributed by atoms with Gasteiger partial charge in [-0.2, -0.15) is 0 Å². The molecule has 0 aromatic heterocycles. The number of hydrogen-bond donors (Lipinski definition) is 0. The molecule has 2 nitrogen and oxygen atoms in total. The van der Waals surface area contributed by atoms with Gasteiger partial charge in [-0.1, -0.05) is 68.1 Å².